The van der Waals surface area contributed by atoms with Gasteiger partial charge >= 0.3 is 0 Å². The molecule has 3 aromatic rings. The first-order valence-corrected chi connectivity index (χ1v) is 14.4. The number of benzene rings is 3. The predicted octanol–water partition coefficient (Wildman–Crippen LogP) is 5.68. The molecule has 0 spiro atoms. The van der Waals surface area contributed by atoms with Gasteiger partial charge in [-0.05, 0) is 66.3 Å². The van der Waals surface area contributed by atoms with E-state index in [0.29, 0.717) is 56.1 Å². The van der Waals surface area contributed by atoms with Crippen LogP contribution in [0.3, 0.4) is 0 Å². The van der Waals surface area contributed by atoms with Crippen LogP contribution in [-0.4, -0.2) is 57.7 Å². The van der Waals surface area contributed by atoms with E-state index in [0.717, 1.165) is 17.6 Å². The molecule has 0 unspecified atom stereocenters. The first kappa shape index (κ1) is 29.6. The van der Waals surface area contributed by atoms with Crippen molar-refractivity contribution in [2.24, 2.45) is 11.0 Å². The number of non-ortho nitro benzene ring substituents is 2. The molecule has 3 aromatic carbocycles. The summed E-state index contributed by atoms with van der Waals surface area (Å²) in [6.07, 6.45) is 4.05. The molecule has 230 valence electrons. The Morgan fingerprint density at radius 3 is 2.13 bits per heavy atom. The molecule has 14 heteroatoms. The number of fused-ring (bicyclic) bond motifs is 1. The molecule has 0 bridgehead atoms. The minimum atomic E-state index is -0.605. The first-order valence-electron chi connectivity index (χ1n) is 14.4. The number of nitro groups is 3. The molecule has 0 N–H and O–H groups in total. The number of anilines is 1. The van der Waals surface area contributed by atoms with E-state index < -0.39 is 26.7 Å². The first-order chi connectivity index (χ1) is 21.7. The molecule has 1 aliphatic carbocycles. The van der Waals surface area contributed by atoms with Gasteiger partial charge in [0.2, 0.25) is 0 Å². The molecule has 2 aliphatic heterocycles. The monoisotopic (exact) mass is 612 g/mol. The van der Waals surface area contributed by atoms with Crippen LogP contribution in [0.5, 0.6) is 0 Å². The standard InChI is InChI=1S/C31H28N6O8/c38-31(23-8-13-27(28(19-23)37(43)44)33-14-16-45-17-15-33)34-30(21-6-11-25(12-7-21)36(41)42)26-3-1-2-22(29(26)32-34)18-20-4-9-24(10-5-20)35(39)40/h4-13,18-19,26,30H,1-3,14-17H2/b22-18-/t26-,30+/m1/s1. The van der Waals surface area contributed by atoms with Gasteiger partial charge < -0.3 is 9.64 Å². The average Bonchev–Trinajstić information content (AvgIpc) is 3.45. The number of amides is 1. The van der Waals surface area contributed by atoms with Gasteiger partial charge in [0.05, 0.1) is 39.7 Å². The number of hydrazone groups is 1. The number of morpholine rings is 1. The summed E-state index contributed by atoms with van der Waals surface area (Å²) in [5, 5.41) is 40.7. The van der Waals surface area contributed by atoms with Crippen molar-refractivity contribution in [3.05, 3.63) is 119 Å². The van der Waals surface area contributed by atoms with Crippen LogP contribution in [0.25, 0.3) is 6.08 Å². The second-order valence-electron chi connectivity index (χ2n) is 11.0. The zero-order valence-electron chi connectivity index (χ0n) is 24.0. The lowest BCUT2D eigenvalue weighted by Gasteiger charge is -2.30. The van der Waals surface area contributed by atoms with E-state index in [9.17, 15) is 35.1 Å². The topological polar surface area (TPSA) is 175 Å². The van der Waals surface area contributed by atoms with Crippen molar-refractivity contribution in [3.63, 3.8) is 0 Å². The minimum Gasteiger partial charge on any atom is -0.378 e. The number of hydrogen-bond donors (Lipinski definition) is 0. The summed E-state index contributed by atoms with van der Waals surface area (Å²) >= 11 is 0. The van der Waals surface area contributed by atoms with Gasteiger partial charge in [-0.15, -0.1) is 0 Å². The van der Waals surface area contributed by atoms with E-state index >= 15 is 0 Å². The summed E-state index contributed by atoms with van der Waals surface area (Å²) < 4.78 is 5.38. The summed E-state index contributed by atoms with van der Waals surface area (Å²) in [5.74, 6) is -0.775. The lowest BCUT2D eigenvalue weighted by Crippen LogP contribution is -2.36. The SMILES string of the molecule is O=C(c1ccc(N2CCOCC2)c([N+](=O)[O-])c1)N1N=C2/C(=C\c3ccc([N+](=O)[O-])cc3)CCC[C@H]2[C@@H]1c1ccc([N+](=O)[O-])cc1. The molecule has 1 saturated carbocycles. The van der Waals surface area contributed by atoms with Crippen molar-refractivity contribution in [1.29, 1.82) is 0 Å². The molecular weight excluding hydrogens is 584 g/mol. The number of ether oxygens (including phenoxy) is 1. The molecular formula is C31H28N6O8. The van der Waals surface area contributed by atoms with Gasteiger partial charge in [0.15, 0.2) is 0 Å². The van der Waals surface area contributed by atoms with Crippen LogP contribution >= 0.6 is 0 Å². The Morgan fingerprint density at radius 1 is 0.867 bits per heavy atom. The largest absolute Gasteiger partial charge is 0.378 e. The second kappa shape index (κ2) is 12.2. The van der Waals surface area contributed by atoms with Crippen molar-refractivity contribution < 1.29 is 24.3 Å². The smallest absolute Gasteiger partial charge is 0.293 e. The Labute approximate surface area is 256 Å². The van der Waals surface area contributed by atoms with Crippen molar-refractivity contribution in [2.75, 3.05) is 31.2 Å². The zero-order chi connectivity index (χ0) is 31.7. The molecule has 2 fully saturated rings. The van der Waals surface area contributed by atoms with Crippen LogP contribution in [-0.2, 0) is 4.74 Å². The van der Waals surface area contributed by atoms with Gasteiger partial charge in [-0.2, -0.15) is 5.10 Å². The lowest BCUT2D eigenvalue weighted by atomic mass is 9.77. The molecule has 1 saturated heterocycles. The quantitative estimate of drug-likeness (QED) is 0.240. The number of nitrogens with zero attached hydrogens (tertiary/aromatic N) is 6. The van der Waals surface area contributed by atoms with Gasteiger partial charge in [-0.25, -0.2) is 5.01 Å². The maximum absolute atomic E-state index is 14.1. The van der Waals surface area contributed by atoms with Crippen molar-refractivity contribution >= 4 is 40.4 Å². The third-order valence-corrected chi connectivity index (χ3v) is 8.37. The fraction of sp³-hybridized carbons (Fsp3) is 0.290. The van der Waals surface area contributed by atoms with Crippen molar-refractivity contribution in [2.45, 2.75) is 25.3 Å². The van der Waals surface area contributed by atoms with E-state index in [4.69, 9.17) is 9.84 Å². The number of nitro benzene ring substituents is 3. The van der Waals surface area contributed by atoms with Gasteiger partial charge in [0.1, 0.15) is 5.69 Å². The van der Waals surface area contributed by atoms with Crippen LogP contribution in [0.2, 0.25) is 0 Å². The number of rotatable bonds is 7. The van der Waals surface area contributed by atoms with Gasteiger partial charge in [-0.3, -0.25) is 35.1 Å². The summed E-state index contributed by atoms with van der Waals surface area (Å²) in [4.78, 5) is 49.1. The highest BCUT2D eigenvalue weighted by Gasteiger charge is 2.44. The molecule has 0 aromatic heterocycles. The molecule has 1 amide bonds. The highest BCUT2D eigenvalue weighted by Crippen LogP contribution is 2.45. The minimum absolute atomic E-state index is 0.0272. The Balaban J connectivity index is 1.40. The summed E-state index contributed by atoms with van der Waals surface area (Å²) in [5.41, 5.74) is 3.12. The van der Waals surface area contributed by atoms with Crippen molar-refractivity contribution in [3.8, 4) is 0 Å². The third kappa shape index (κ3) is 5.87. The van der Waals surface area contributed by atoms with Gasteiger partial charge in [0, 0.05) is 54.9 Å². The van der Waals surface area contributed by atoms with E-state index in [2.05, 4.69) is 0 Å². The maximum atomic E-state index is 14.1. The highest BCUT2D eigenvalue weighted by atomic mass is 16.6. The van der Waals surface area contributed by atoms with Crippen LogP contribution in [0.1, 0.15) is 46.8 Å². The van der Waals surface area contributed by atoms with Crippen LogP contribution < -0.4 is 4.90 Å². The molecule has 45 heavy (non-hydrogen) atoms. The lowest BCUT2D eigenvalue weighted by molar-refractivity contribution is -0.385. The molecule has 2 heterocycles. The average molecular weight is 613 g/mol. The Bertz CT molecular complexity index is 1730. The van der Waals surface area contributed by atoms with E-state index in [1.807, 2.05) is 11.0 Å². The summed E-state index contributed by atoms with van der Waals surface area (Å²) in [6.45, 7) is 1.86. The molecule has 3 aliphatic rings. The Hall–Kier alpha value is -5.50. The maximum Gasteiger partial charge on any atom is 0.293 e. The van der Waals surface area contributed by atoms with E-state index in [1.165, 1.54) is 35.3 Å². The highest BCUT2D eigenvalue weighted by molar-refractivity contribution is 6.09. The number of hydrogen-bond acceptors (Lipinski definition) is 10. The van der Waals surface area contributed by atoms with Crippen LogP contribution in [0.15, 0.2) is 77.4 Å². The zero-order valence-corrected chi connectivity index (χ0v) is 24.0. The number of allylic oxidation sites excluding steroid dienone is 1. The molecule has 6 rings (SSSR count). The van der Waals surface area contributed by atoms with E-state index in [-0.39, 0.29) is 28.5 Å². The van der Waals surface area contributed by atoms with Crippen molar-refractivity contribution in [1.82, 2.24) is 5.01 Å². The summed E-state index contributed by atoms with van der Waals surface area (Å²) in [6, 6.07) is 15.9. The Morgan fingerprint density at radius 2 is 1.51 bits per heavy atom. The molecule has 14 nitrogen and oxygen atoms in total. The van der Waals surface area contributed by atoms with Gasteiger partial charge in [-0.1, -0.05) is 12.1 Å². The normalized spacial score (nSPS) is 20.4. The Kier molecular flexibility index (Phi) is 8.04. The molecule has 2 atom stereocenters. The number of carbonyl (C=O) groups is 1. The predicted molar refractivity (Wildman–Crippen MR) is 164 cm³/mol. The number of carbonyl (C=O) groups excluding carboxylic acids is 1. The van der Waals surface area contributed by atoms with Gasteiger partial charge in [0.25, 0.3) is 23.0 Å². The van der Waals surface area contributed by atoms with E-state index in [1.54, 1.807) is 36.4 Å². The van der Waals surface area contributed by atoms with Crippen LogP contribution in [0, 0.1) is 36.3 Å². The second-order valence-corrected chi connectivity index (χ2v) is 11.0. The molecule has 0 radical (unpaired) electrons. The third-order valence-electron chi connectivity index (χ3n) is 8.37. The van der Waals surface area contributed by atoms with Crippen LogP contribution in [0.4, 0.5) is 22.7 Å². The summed E-state index contributed by atoms with van der Waals surface area (Å²) in [7, 11) is 0. The fourth-order valence-corrected chi connectivity index (χ4v) is 6.19. The fourth-order valence-electron chi connectivity index (χ4n) is 6.19.